The van der Waals surface area contributed by atoms with E-state index in [0.29, 0.717) is 6.04 Å². The van der Waals surface area contributed by atoms with Crippen LogP contribution in [0.3, 0.4) is 0 Å². The van der Waals surface area contributed by atoms with E-state index in [-0.39, 0.29) is 5.91 Å². The molecule has 4 aliphatic rings. The summed E-state index contributed by atoms with van der Waals surface area (Å²) in [7, 11) is 4.03. The van der Waals surface area contributed by atoms with Gasteiger partial charge in [-0.2, -0.15) is 0 Å². The van der Waals surface area contributed by atoms with Crippen LogP contribution in [0.5, 0.6) is 0 Å². The highest BCUT2D eigenvalue weighted by atomic mass is 16.1. The molecule has 4 aliphatic heterocycles. The lowest BCUT2D eigenvalue weighted by molar-refractivity contribution is -0.0148. The first-order valence-corrected chi connectivity index (χ1v) is 11.5. The van der Waals surface area contributed by atoms with Gasteiger partial charge >= 0.3 is 0 Å². The maximum Gasteiger partial charge on any atom is 0.251 e. The lowest BCUT2D eigenvalue weighted by Crippen LogP contribution is -2.58. The first-order valence-electron chi connectivity index (χ1n) is 11.5. The molecule has 5 heteroatoms. The van der Waals surface area contributed by atoms with E-state index in [1.54, 1.807) is 0 Å². The zero-order valence-corrected chi connectivity index (χ0v) is 18.4. The van der Waals surface area contributed by atoms with Crippen molar-refractivity contribution in [2.75, 3.05) is 58.3 Å². The van der Waals surface area contributed by atoms with E-state index in [2.05, 4.69) is 26.9 Å². The average Bonchev–Trinajstić information content (AvgIpc) is 2.74. The quantitative estimate of drug-likeness (QED) is 0.800. The van der Waals surface area contributed by atoms with E-state index in [9.17, 15) is 4.79 Å². The number of nitrogens with zero attached hydrogens (tertiary/aromatic N) is 3. The van der Waals surface area contributed by atoms with Gasteiger partial charge < -0.3 is 15.1 Å². The predicted octanol–water partition coefficient (Wildman–Crippen LogP) is 2.92. The fourth-order valence-electron chi connectivity index (χ4n) is 5.47. The monoisotopic (exact) mass is 398 g/mol. The lowest BCUT2D eigenvalue weighted by Gasteiger charge is -2.51. The van der Waals surface area contributed by atoms with Crippen LogP contribution in [0.1, 0.15) is 43.0 Å². The molecule has 2 bridgehead atoms. The fourth-order valence-corrected chi connectivity index (χ4v) is 5.47. The Kier molecular flexibility index (Phi) is 6.45. The van der Waals surface area contributed by atoms with Crippen molar-refractivity contribution in [1.29, 1.82) is 0 Å². The summed E-state index contributed by atoms with van der Waals surface area (Å²) in [5.41, 5.74) is 1.87. The zero-order valence-electron chi connectivity index (χ0n) is 18.4. The minimum atomic E-state index is 0.0527. The summed E-state index contributed by atoms with van der Waals surface area (Å²) >= 11 is 0. The second kappa shape index (κ2) is 9.05. The van der Waals surface area contributed by atoms with E-state index < -0.39 is 0 Å². The van der Waals surface area contributed by atoms with E-state index in [1.165, 1.54) is 58.4 Å². The van der Waals surface area contributed by atoms with Gasteiger partial charge in [0.15, 0.2) is 0 Å². The molecular weight excluding hydrogens is 360 g/mol. The topological polar surface area (TPSA) is 38.8 Å². The van der Waals surface area contributed by atoms with Crippen molar-refractivity contribution >= 4 is 11.6 Å². The molecule has 1 aromatic carbocycles. The molecule has 4 atom stereocenters. The van der Waals surface area contributed by atoms with Gasteiger partial charge in [0.05, 0.1) is 0 Å². The molecule has 4 saturated heterocycles. The molecular formula is C24H38N4O. The van der Waals surface area contributed by atoms with E-state index >= 15 is 0 Å². The number of hydrogen-bond donors (Lipinski definition) is 1. The van der Waals surface area contributed by atoms with Crippen molar-refractivity contribution in [2.45, 2.75) is 38.6 Å². The molecule has 0 spiro atoms. The van der Waals surface area contributed by atoms with Crippen LogP contribution < -0.4 is 10.2 Å². The van der Waals surface area contributed by atoms with E-state index in [4.69, 9.17) is 0 Å². The Balaban J connectivity index is 1.25. The van der Waals surface area contributed by atoms with Crippen LogP contribution in [-0.4, -0.2) is 75.1 Å². The lowest BCUT2D eigenvalue weighted by atomic mass is 9.75. The molecule has 1 N–H and O–H groups in total. The molecule has 5 nitrogen and oxygen atoms in total. The summed E-state index contributed by atoms with van der Waals surface area (Å²) in [4.78, 5) is 20.0. The number of carbonyl (C=O) groups is 1. The largest absolute Gasteiger partial charge is 0.378 e. The molecule has 1 unspecified atom stereocenters. The van der Waals surface area contributed by atoms with Gasteiger partial charge in [-0.3, -0.25) is 9.69 Å². The van der Waals surface area contributed by atoms with Crippen LogP contribution in [0, 0.1) is 17.8 Å². The summed E-state index contributed by atoms with van der Waals surface area (Å²) in [6, 6.07) is 8.37. The Morgan fingerprint density at radius 3 is 2.45 bits per heavy atom. The van der Waals surface area contributed by atoms with Crippen molar-refractivity contribution in [3.05, 3.63) is 29.8 Å². The Morgan fingerprint density at radius 2 is 1.83 bits per heavy atom. The molecule has 160 valence electrons. The minimum Gasteiger partial charge on any atom is -0.378 e. The summed E-state index contributed by atoms with van der Waals surface area (Å²) in [6.45, 7) is 9.45. The third kappa shape index (κ3) is 4.95. The second-order valence-corrected chi connectivity index (χ2v) is 9.83. The number of fused-ring (bicyclic) bond motifs is 3. The van der Waals surface area contributed by atoms with Gasteiger partial charge in [-0.05, 0) is 87.3 Å². The number of anilines is 1. The first-order chi connectivity index (χ1) is 14.0. The fraction of sp³-hybridized carbons (Fsp3) is 0.708. The molecule has 1 amide bonds. The average molecular weight is 399 g/mol. The number of nitrogens with one attached hydrogen (secondary N) is 1. The molecule has 0 saturated carbocycles. The van der Waals surface area contributed by atoms with Gasteiger partial charge in [0.2, 0.25) is 0 Å². The predicted molar refractivity (Wildman–Crippen MR) is 120 cm³/mol. The molecule has 29 heavy (non-hydrogen) atoms. The molecule has 0 radical (unpaired) electrons. The standard InChI is InChI=1S/C24H38N4O/c1-18-8-11-27(12-9-18)16-21-17-28-13-10-20(21)14-23(28)15-25-24(29)19-4-6-22(7-5-19)26(2)3/h4-7,18,20-21,23H,8-17H2,1-3H3,(H,25,29)/t20-,21-,23+/m0/s1. The van der Waals surface area contributed by atoms with Crippen molar-refractivity contribution in [1.82, 2.24) is 15.1 Å². The number of amides is 1. The number of hydrogen-bond acceptors (Lipinski definition) is 4. The first kappa shape index (κ1) is 20.7. The van der Waals surface area contributed by atoms with Crippen molar-refractivity contribution in [2.24, 2.45) is 17.8 Å². The Bertz CT molecular complexity index is 681. The number of likely N-dealkylation sites (tertiary alicyclic amines) is 1. The van der Waals surface area contributed by atoms with Crippen LogP contribution in [0.25, 0.3) is 0 Å². The molecule has 1 aromatic rings. The summed E-state index contributed by atoms with van der Waals surface area (Å²) in [5, 5.41) is 3.20. The van der Waals surface area contributed by atoms with E-state index in [1.807, 2.05) is 38.4 Å². The third-order valence-electron chi connectivity index (χ3n) is 7.53. The summed E-state index contributed by atoms with van der Waals surface area (Å²) in [5.74, 6) is 2.62. The van der Waals surface area contributed by atoms with Crippen molar-refractivity contribution < 1.29 is 4.79 Å². The molecule has 4 fully saturated rings. The Hall–Kier alpha value is -1.59. The molecule has 0 aliphatic carbocycles. The highest BCUT2D eigenvalue weighted by Gasteiger charge is 2.40. The minimum absolute atomic E-state index is 0.0527. The molecule has 4 heterocycles. The van der Waals surface area contributed by atoms with Gasteiger partial charge in [0, 0.05) is 51.0 Å². The summed E-state index contributed by atoms with van der Waals surface area (Å²) < 4.78 is 0. The maximum absolute atomic E-state index is 12.6. The van der Waals surface area contributed by atoms with E-state index in [0.717, 1.165) is 35.5 Å². The number of rotatable bonds is 6. The highest BCUT2D eigenvalue weighted by Crippen LogP contribution is 2.37. The van der Waals surface area contributed by atoms with Gasteiger partial charge in [-0.25, -0.2) is 0 Å². The third-order valence-corrected chi connectivity index (χ3v) is 7.53. The van der Waals surface area contributed by atoms with Gasteiger partial charge in [-0.15, -0.1) is 0 Å². The Labute approximate surface area is 176 Å². The molecule has 5 rings (SSSR count). The smallest absolute Gasteiger partial charge is 0.251 e. The summed E-state index contributed by atoms with van der Waals surface area (Å²) in [6.07, 6.45) is 5.32. The molecule has 0 aromatic heterocycles. The van der Waals surface area contributed by atoms with Gasteiger partial charge in [0.1, 0.15) is 0 Å². The zero-order chi connectivity index (χ0) is 20.4. The second-order valence-electron chi connectivity index (χ2n) is 9.83. The van der Waals surface area contributed by atoms with Crippen molar-refractivity contribution in [3.8, 4) is 0 Å². The Morgan fingerprint density at radius 1 is 1.10 bits per heavy atom. The highest BCUT2D eigenvalue weighted by molar-refractivity contribution is 5.94. The number of carbonyl (C=O) groups excluding carboxylic acids is 1. The number of piperidine rings is 4. The maximum atomic E-state index is 12.6. The van der Waals surface area contributed by atoms with Crippen LogP contribution in [0.15, 0.2) is 24.3 Å². The van der Waals surface area contributed by atoms with Crippen LogP contribution in [0.2, 0.25) is 0 Å². The normalized spacial score (nSPS) is 30.3. The van der Waals surface area contributed by atoms with Gasteiger partial charge in [-0.1, -0.05) is 6.92 Å². The van der Waals surface area contributed by atoms with Gasteiger partial charge in [0.25, 0.3) is 5.91 Å². The number of benzene rings is 1. The SMILES string of the molecule is CC1CCN(C[C@H]2CN3CC[C@H]2C[C@@H]3CNC(=O)c2ccc(N(C)C)cc2)CC1. The van der Waals surface area contributed by atoms with Crippen LogP contribution in [-0.2, 0) is 0 Å². The van der Waals surface area contributed by atoms with Crippen molar-refractivity contribution in [3.63, 3.8) is 0 Å². The van der Waals surface area contributed by atoms with Crippen LogP contribution in [0.4, 0.5) is 5.69 Å². The van der Waals surface area contributed by atoms with Crippen LogP contribution >= 0.6 is 0 Å².